The van der Waals surface area contributed by atoms with Gasteiger partial charge in [-0.25, -0.2) is 14.1 Å². The number of rotatable bonds is 7. The molecule has 0 aliphatic rings. The van der Waals surface area contributed by atoms with Crippen LogP contribution in [0.15, 0.2) is 42.0 Å². The molecule has 3 rings (SSSR count). The van der Waals surface area contributed by atoms with E-state index in [0.717, 1.165) is 11.1 Å². The van der Waals surface area contributed by atoms with E-state index in [-0.39, 0.29) is 18.5 Å². The number of aryl methyl sites for hydroxylation is 1. The highest BCUT2D eigenvalue weighted by Gasteiger charge is 2.20. The molecule has 1 amide bonds. The van der Waals surface area contributed by atoms with Crippen molar-refractivity contribution in [2.24, 2.45) is 12.8 Å². The SMILES string of the molecule is Cn1ncnc1-c1csc(C(=O)NC(CN)Cc2cccc(C(C)(C)F)c2)c1. The van der Waals surface area contributed by atoms with E-state index in [2.05, 4.69) is 15.4 Å². The Kier molecular flexibility index (Phi) is 5.90. The molecule has 0 saturated heterocycles. The van der Waals surface area contributed by atoms with Crippen molar-refractivity contribution >= 4 is 17.2 Å². The van der Waals surface area contributed by atoms with Gasteiger partial charge in [-0.3, -0.25) is 4.79 Å². The van der Waals surface area contributed by atoms with Gasteiger partial charge in [0.05, 0.1) is 4.88 Å². The van der Waals surface area contributed by atoms with Crippen molar-refractivity contribution in [2.75, 3.05) is 6.54 Å². The van der Waals surface area contributed by atoms with E-state index in [1.807, 2.05) is 23.6 Å². The molecule has 0 bridgehead atoms. The second-order valence-electron chi connectivity index (χ2n) is 7.19. The van der Waals surface area contributed by atoms with Crippen molar-refractivity contribution in [1.29, 1.82) is 0 Å². The average Bonchev–Trinajstić information content (AvgIpc) is 3.29. The van der Waals surface area contributed by atoms with Crippen LogP contribution in [-0.2, 0) is 19.1 Å². The molecular formula is C20H24FN5OS. The minimum atomic E-state index is -1.41. The number of amides is 1. The number of halogens is 1. The van der Waals surface area contributed by atoms with Crippen LogP contribution in [0, 0.1) is 0 Å². The third-order valence-corrected chi connectivity index (χ3v) is 5.44. The van der Waals surface area contributed by atoms with E-state index >= 15 is 0 Å². The van der Waals surface area contributed by atoms with Gasteiger partial charge in [0.2, 0.25) is 0 Å². The standard InChI is InChI=1S/C20H24FN5OS/c1-20(2,21)15-6-4-5-13(7-15)8-16(10-22)25-19(27)17-9-14(11-28-17)18-23-12-24-26(18)3/h4-7,9,11-12,16H,8,10,22H2,1-3H3,(H,25,27). The van der Waals surface area contributed by atoms with Gasteiger partial charge in [0.25, 0.3) is 5.91 Å². The second-order valence-corrected chi connectivity index (χ2v) is 8.10. The molecule has 3 aromatic rings. The Morgan fingerprint density at radius 2 is 2.18 bits per heavy atom. The number of hydrogen-bond donors (Lipinski definition) is 2. The third-order valence-electron chi connectivity index (χ3n) is 4.51. The van der Waals surface area contributed by atoms with Crippen LogP contribution >= 0.6 is 11.3 Å². The number of nitrogens with one attached hydrogen (secondary N) is 1. The molecule has 8 heteroatoms. The topological polar surface area (TPSA) is 85.8 Å². The smallest absolute Gasteiger partial charge is 0.261 e. The number of thiophene rings is 1. The average molecular weight is 402 g/mol. The maximum Gasteiger partial charge on any atom is 0.261 e. The Morgan fingerprint density at radius 3 is 2.82 bits per heavy atom. The summed E-state index contributed by atoms with van der Waals surface area (Å²) < 4.78 is 15.9. The van der Waals surface area contributed by atoms with Gasteiger partial charge in [0.15, 0.2) is 5.82 Å². The van der Waals surface area contributed by atoms with Gasteiger partial charge in [-0.05, 0) is 37.5 Å². The second kappa shape index (κ2) is 8.20. The summed E-state index contributed by atoms with van der Waals surface area (Å²) in [5.74, 6) is 0.521. The lowest BCUT2D eigenvalue weighted by atomic mass is 9.96. The molecule has 0 spiro atoms. The van der Waals surface area contributed by atoms with Crippen LogP contribution in [0.2, 0.25) is 0 Å². The van der Waals surface area contributed by atoms with Gasteiger partial charge in [0, 0.05) is 30.6 Å². The van der Waals surface area contributed by atoms with Crippen molar-refractivity contribution in [3.8, 4) is 11.4 Å². The van der Waals surface area contributed by atoms with Crippen molar-refractivity contribution in [3.63, 3.8) is 0 Å². The zero-order valence-electron chi connectivity index (χ0n) is 16.1. The lowest BCUT2D eigenvalue weighted by molar-refractivity contribution is 0.0942. The number of benzene rings is 1. The zero-order chi connectivity index (χ0) is 20.3. The fourth-order valence-electron chi connectivity index (χ4n) is 2.93. The minimum Gasteiger partial charge on any atom is -0.347 e. The van der Waals surface area contributed by atoms with Crippen molar-refractivity contribution in [3.05, 3.63) is 58.0 Å². The van der Waals surface area contributed by atoms with Gasteiger partial charge < -0.3 is 11.1 Å². The molecule has 0 fully saturated rings. The van der Waals surface area contributed by atoms with E-state index in [0.29, 0.717) is 22.7 Å². The molecule has 0 aliphatic heterocycles. The van der Waals surface area contributed by atoms with Crippen LogP contribution < -0.4 is 11.1 Å². The Labute approximate surface area is 167 Å². The first kappa shape index (κ1) is 20.2. The molecule has 2 heterocycles. The Bertz CT molecular complexity index is 959. The first-order valence-electron chi connectivity index (χ1n) is 9.00. The summed E-state index contributed by atoms with van der Waals surface area (Å²) in [4.78, 5) is 17.4. The van der Waals surface area contributed by atoms with Crippen LogP contribution in [0.1, 0.15) is 34.6 Å². The van der Waals surface area contributed by atoms with Crippen LogP contribution in [0.5, 0.6) is 0 Å². The number of aromatic nitrogens is 3. The van der Waals surface area contributed by atoms with Gasteiger partial charge in [0.1, 0.15) is 12.0 Å². The molecular weight excluding hydrogens is 377 g/mol. The lowest BCUT2D eigenvalue weighted by Gasteiger charge is -2.19. The Morgan fingerprint density at radius 1 is 1.39 bits per heavy atom. The van der Waals surface area contributed by atoms with Crippen molar-refractivity contribution in [2.45, 2.75) is 32.0 Å². The predicted molar refractivity (Wildman–Crippen MR) is 109 cm³/mol. The quantitative estimate of drug-likeness (QED) is 0.637. The minimum absolute atomic E-state index is 0.184. The molecule has 6 nitrogen and oxygen atoms in total. The van der Waals surface area contributed by atoms with Crippen molar-refractivity contribution in [1.82, 2.24) is 20.1 Å². The molecule has 148 valence electrons. The number of alkyl halides is 1. The van der Waals surface area contributed by atoms with E-state index in [1.165, 1.54) is 31.5 Å². The number of hydrogen-bond acceptors (Lipinski definition) is 5. The highest BCUT2D eigenvalue weighted by atomic mass is 32.1. The highest BCUT2D eigenvalue weighted by Crippen LogP contribution is 2.26. The first-order valence-corrected chi connectivity index (χ1v) is 9.88. The molecule has 1 unspecified atom stereocenters. The van der Waals surface area contributed by atoms with Crippen LogP contribution in [0.3, 0.4) is 0 Å². The molecule has 28 heavy (non-hydrogen) atoms. The van der Waals surface area contributed by atoms with Gasteiger partial charge in [-0.1, -0.05) is 24.3 Å². The van der Waals surface area contributed by atoms with E-state index in [4.69, 9.17) is 5.73 Å². The first-order chi connectivity index (χ1) is 13.3. The Hall–Kier alpha value is -2.58. The fourth-order valence-corrected chi connectivity index (χ4v) is 3.72. The van der Waals surface area contributed by atoms with Crippen molar-refractivity contribution < 1.29 is 9.18 Å². The Balaban J connectivity index is 1.69. The maximum atomic E-state index is 14.2. The maximum absolute atomic E-state index is 14.2. The molecule has 2 aromatic heterocycles. The van der Waals surface area contributed by atoms with Gasteiger partial charge >= 0.3 is 0 Å². The van der Waals surface area contributed by atoms with E-state index < -0.39 is 5.67 Å². The third kappa shape index (κ3) is 4.63. The van der Waals surface area contributed by atoms with Crippen LogP contribution in [0.25, 0.3) is 11.4 Å². The van der Waals surface area contributed by atoms with E-state index in [9.17, 15) is 9.18 Å². The summed E-state index contributed by atoms with van der Waals surface area (Å²) in [5, 5.41) is 8.90. The summed E-state index contributed by atoms with van der Waals surface area (Å²) in [7, 11) is 1.80. The van der Waals surface area contributed by atoms with Gasteiger partial charge in [-0.2, -0.15) is 5.10 Å². The molecule has 0 aliphatic carbocycles. The fraction of sp³-hybridized carbons (Fsp3) is 0.350. The molecule has 0 saturated carbocycles. The summed E-state index contributed by atoms with van der Waals surface area (Å²) in [6, 6.07) is 8.88. The highest BCUT2D eigenvalue weighted by molar-refractivity contribution is 7.12. The van der Waals surface area contributed by atoms with Crippen LogP contribution in [-0.4, -0.2) is 33.3 Å². The van der Waals surface area contributed by atoms with E-state index in [1.54, 1.807) is 23.9 Å². The largest absolute Gasteiger partial charge is 0.347 e. The molecule has 3 N–H and O–H groups in total. The molecule has 0 radical (unpaired) electrons. The normalized spacial score (nSPS) is 12.8. The molecule has 1 atom stereocenters. The number of carbonyl (C=O) groups is 1. The monoisotopic (exact) mass is 401 g/mol. The number of nitrogens with zero attached hydrogens (tertiary/aromatic N) is 3. The summed E-state index contributed by atoms with van der Waals surface area (Å²) in [6.07, 6.45) is 2.01. The summed E-state index contributed by atoms with van der Waals surface area (Å²) >= 11 is 1.35. The van der Waals surface area contributed by atoms with Crippen LogP contribution in [0.4, 0.5) is 4.39 Å². The zero-order valence-corrected chi connectivity index (χ0v) is 17.0. The summed E-state index contributed by atoms with van der Waals surface area (Å²) in [5.41, 5.74) is 6.84. The van der Waals surface area contributed by atoms with Gasteiger partial charge in [-0.15, -0.1) is 11.3 Å². The predicted octanol–water partition coefficient (Wildman–Crippen LogP) is 3.05. The molecule has 1 aromatic carbocycles. The number of carbonyl (C=O) groups excluding carboxylic acids is 1. The lowest BCUT2D eigenvalue weighted by Crippen LogP contribution is -2.41. The summed E-state index contributed by atoms with van der Waals surface area (Å²) in [6.45, 7) is 3.34. The number of nitrogens with two attached hydrogens (primary N) is 1.